The van der Waals surface area contributed by atoms with Gasteiger partial charge in [-0.2, -0.15) is 0 Å². The van der Waals surface area contributed by atoms with E-state index in [1.807, 2.05) is 0 Å². The van der Waals surface area contributed by atoms with E-state index in [1.165, 1.54) is 11.3 Å². The Labute approximate surface area is 133 Å². The standard InChI is InChI=1S/C14H21N3O4S/c1-16(10-5-3-2-4-6-10)13(20)12(19)15-7-8-17-11(18)9-22-14(17)21/h10H,2-9H2,1H3,(H,15,19). The van der Waals surface area contributed by atoms with Crippen LogP contribution in [-0.4, -0.2) is 64.7 Å². The highest BCUT2D eigenvalue weighted by Crippen LogP contribution is 2.21. The first-order valence-electron chi connectivity index (χ1n) is 7.53. The number of hydrogen-bond donors (Lipinski definition) is 1. The van der Waals surface area contributed by atoms with Crippen LogP contribution >= 0.6 is 11.8 Å². The van der Waals surface area contributed by atoms with Gasteiger partial charge in [0, 0.05) is 26.2 Å². The van der Waals surface area contributed by atoms with Crippen LogP contribution in [0.15, 0.2) is 0 Å². The van der Waals surface area contributed by atoms with E-state index in [-0.39, 0.29) is 36.0 Å². The first-order chi connectivity index (χ1) is 10.5. The molecule has 1 saturated heterocycles. The number of nitrogens with zero attached hydrogens (tertiary/aromatic N) is 2. The molecular formula is C14H21N3O4S. The molecule has 1 aliphatic heterocycles. The second-order valence-electron chi connectivity index (χ2n) is 5.56. The zero-order chi connectivity index (χ0) is 16.1. The van der Waals surface area contributed by atoms with Crippen LogP contribution in [0.1, 0.15) is 32.1 Å². The smallest absolute Gasteiger partial charge is 0.311 e. The highest BCUT2D eigenvalue weighted by molar-refractivity contribution is 8.14. The molecule has 122 valence electrons. The van der Waals surface area contributed by atoms with Crippen molar-refractivity contribution in [1.82, 2.24) is 15.1 Å². The summed E-state index contributed by atoms with van der Waals surface area (Å²) in [6.07, 6.45) is 5.22. The van der Waals surface area contributed by atoms with E-state index >= 15 is 0 Å². The third-order valence-electron chi connectivity index (χ3n) is 4.10. The number of thioether (sulfide) groups is 1. The average Bonchev–Trinajstić information content (AvgIpc) is 2.86. The van der Waals surface area contributed by atoms with Crippen LogP contribution in [0.5, 0.6) is 0 Å². The summed E-state index contributed by atoms with van der Waals surface area (Å²) in [4.78, 5) is 49.3. The molecule has 4 amide bonds. The van der Waals surface area contributed by atoms with Gasteiger partial charge in [0.25, 0.3) is 5.24 Å². The molecule has 2 rings (SSSR count). The van der Waals surface area contributed by atoms with Gasteiger partial charge in [-0.25, -0.2) is 0 Å². The number of nitrogens with one attached hydrogen (secondary N) is 1. The minimum Gasteiger partial charge on any atom is -0.346 e. The number of carbonyl (C=O) groups is 4. The van der Waals surface area contributed by atoms with E-state index in [0.717, 1.165) is 42.3 Å². The van der Waals surface area contributed by atoms with E-state index in [9.17, 15) is 19.2 Å². The topological polar surface area (TPSA) is 86.8 Å². The Morgan fingerprint density at radius 1 is 1.27 bits per heavy atom. The summed E-state index contributed by atoms with van der Waals surface area (Å²) in [5.74, 6) is -1.34. The summed E-state index contributed by atoms with van der Waals surface area (Å²) in [5.41, 5.74) is 0. The number of hydrogen-bond acceptors (Lipinski definition) is 5. The Hall–Kier alpha value is -1.57. The Balaban J connectivity index is 1.75. The summed E-state index contributed by atoms with van der Waals surface area (Å²) in [6, 6.07) is 0.130. The lowest BCUT2D eigenvalue weighted by Crippen LogP contribution is -2.48. The fraction of sp³-hybridized carbons (Fsp3) is 0.714. The first kappa shape index (κ1) is 16.8. The molecule has 22 heavy (non-hydrogen) atoms. The maximum absolute atomic E-state index is 12.1. The van der Waals surface area contributed by atoms with Gasteiger partial charge < -0.3 is 10.2 Å². The van der Waals surface area contributed by atoms with Crippen LogP contribution in [0.4, 0.5) is 4.79 Å². The van der Waals surface area contributed by atoms with Crippen molar-refractivity contribution in [3.63, 3.8) is 0 Å². The second kappa shape index (κ2) is 7.62. The molecule has 0 radical (unpaired) electrons. The first-order valence-corrected chi connectivity index (χ1v) is 8.51. The van der Waals surface area contributed by atoms with Crippen LogP contribution in [0, 0.1) is 0 Å². The molecule has 1 saturated carbocycles. The molecule has 0 bridgehead atoms. The number of imide groups is 1. The number of amides is 4. The summed E-state index contributed by atoms with van der Waals surface area (Å²) < 4.78 is 0. The minimum absolute atomic E-state index is 0.0983. The quantitative estimate of drug-likeness (QED) is 0.764. The summed E-state index contributed by atoms with van der Waals surface area (Å²) >= 11 is 0.952. The Bertz CT molecular complexity index is 461. The molecule has 2 fully saturated rings. The van der Waals surface area contributed by atoms with E-state index < -0.39 is 11.8 Å². The number of rotatable bonds is 4. The monoisotopic (exact) mass is 327 g/mol. The minimum atomic E-state index is -0.681. The van der Waals surface area contributed by atoms with E-state index in [4.69, 9.17) is 0 Å². The van der Waals surface area contributed by atoms with Gasteiger partial charge in [-0.1, -0.05) is 31.0 Å². The third-order valence-corrected chi connectivity index (χ3v) is 4.96. The fourth-order valence-electron chi connectivity index (χ4n) is 2.75. The van der Waals surface area contributed by atoms with Crippen molar-refractivity contribution in [2.24, 2.45) is 0 Å². The molecule has 0 aromatic heterocycles. The summed E-state index contributed by atoms with van der Waals surface area (Å²) in [5, 5.41) is 2.18. The zero-order valence-corrected chi connectivity index (χ0v) is 13.5. The van der Waals surface area contributed by atoms with Crippen molar-refractivity contribution in [2.75, 3.05) is 25.9 Å². The van der Waals surface area contributed by atoms with Crippen molar-refractivity contribution < 1.29 is 19.2 Å². The van der Waals surface area contributed by atoms with Crippen molar-refractivity contribution in [2.45, 2.75) is 38.1 Å². The highest BCUT2D eigenvalue weighted by atomic mass is 32.2. The lowest BCUT2D eigenvalue weighted by molar-refractivity contribution is -0.146. The van der Waals surface area contributed by atoms with E-state index in [0.29, 0.717) is 0 Å². The molecule has 0 aromatic rings. The average molecular weight is 327 g/mol. The highest BCUT2D eigenvalue weighted by Gasteiger charge is 2.30. The predicted molar refractivity (Wildman–Crippen MR) is 82.2 cm³/mol. The molecule has 1 heterocycles. The van der Waals surface area contributed by atoms with Crippen LogP contribution in [-0.2, 0) is 14.4 Å². The molecule has 0 unspecified atom stereocenters. The molecule has 0 spiro atoms. The van der Waals surface area contributed by atoms with Crippen LogP contribution < -0.4 is 5.32 Å². The van der Waals surface area contributed by atoms with Gasteiger partial charge in [0.1, 0.15) is 0 Å². The van der Waals surface area contributed by atoms with Gasteiger partial charge in [-0.3, -0.25) is 24.1 Å². The predicted octanol–water partition coefficient (Wildman–Crippen LogP) is 0.589. The fourth-order valence-corrected chi connectivity index (χ4v) is 3.50. The molecule has 2 aliphatic rings. The third kappa shape index (κ3) is 4.00. The second-order valence-corrected chi connectivity index (χ2v) is 6.49. The van der Waals surface area contributed by atoms with Gasteiger partial charge in [0.2, 0.25) is 5.91 Å². The number of carbonyl (C=O) groups excluding carboxylic acids is 4. The van der Waals surface area contributed by atoms with Crippen molar-refractivity contribution in [1.29, 1.82) is 0 Å². The van der Waals surface area contributed by atoms with Gasteiger partial charge in [-0.15, -0.1) is 0 Å². The maximum atomic E-state index is 12.1. The van der Waals surface area contributed by atoms with Gasteiger partial charge in [-0.05, 0) is 12.8 Å². The molecule has 1 N–H and O–H groups in total. The largest absolute Gasteiger partial charge is 0.346 e. The molecule has 0 aromatic carbocycles. The van der Waals surface area contributed by atoms with Crippen LogP contribution in [0.2, 0.25) is 0 Å². The molecule has 0 atom stereocenters. The van der Waals surface area contributed by atoms with E-state index in [2.05, 4.69) is 5.32 Å². The maximum Gasteiger partial charge on any atom is 0.311 e. The van der Waals surface area contributed by atoms with Crippen molar-refractivity contribution >= 4 is 34.7 Å². The summed E-state index contributed by atoms with van der Waals surface area (Å²) in [6.45, 7) is 0.206. The Kier molecular flexibility index (Phi) is 5.82. The van der Waals surface area contributed by atoms with Gasteiger partial charge in [0.05, 0.1) is 5.75 Å². The SMILES string of the molecule is CN(C(=O)C(=O)NCCN1C(=O)CSC1=O)C1CCCCC1. The van der Waals surface area contributed by atoms with Crippen molar-refractivity contribution in [3.05, 3.63) is 0 Å². The molecule has 8 heteroatoms. The summed E-state index contributed by atoms with van der Waals surface area (Å²) in [7, 11) is 1.65. The zero-order valence-electron chi connectivity index (χ0n) is 12.7. The van der Waals surface area contributed by atoms with Crippen molar-refractivity contribution in [3.8, 4) is 0 Å². The molecule has 7 nitrogen and oxygen atoms in total. The lowest BCUT2D eigenvalue weighted by Gasteiger charge is -2.30. The number of likely N-dealkylation sites (N-methyl/N-ethyl adjacent to an activating group) is 1. The van der Waals surface area contributed by atoms with Crippen LogP contribution in [0.3, 0.4) is 0 Å². The normalized spacial score (nSPS) is 19.4. The van der Waals surface area contributed by atoms with Gasteiger partial charge in [0.15, 0.2) is 0 Å². The molecule has 1 aliphatic carbocycles. The van der Waals surface area contributed by atoms with Crippen LogP contribution in [0.25, 0.3) is 0 Å². The van der Waals surface area contributed by atoms with Gasteiger partial charge >= 0.3 is 11.8 Å². The Morgan fingerprint density at radius 3 is 2.55 bits per heavy atom. The molecular weight excluding hydrogens is 306 g/mol. The lowest BCUT2D eigenvalue weighted by atomic mass is 9.94. The van der Waals surface area contributed by atoms with E-state index in [1.54, 1.807) is 7.05 Å². The Morgan fingerprint density at radius 2 is 1.95 bits per heavy atom.